The van der Waals surface area contributed by atoms with Crippen molar-refractivity contribution in [3.63, 3.8) is 0 Å². The molecule has 1 aliphatic heterocycles. The molecule has 2 rings (SSSR count). The summed E-state index contributed by atoms with van der Waals surface area (Å²) in [6, 6.07) is 8.28. The normalized spacial score (nSPS) is 18.4. The lowest BCUT2D eigenvalue weighted by Gasteiger charge is -2.28. The molecule has 1 aliphatic rings. The first-order chi connectivity index (χ1) is 8.94. The van der Waals surface area contributed by atoms with Crippen molar-refractivity contribution in [2.24, 2.45) is 0 Å². The molecule has 0 bridgehead atoms. The lowest BCUT2D eigenvalue weighted by atomic mass is 10.2. The van der Waals surface area contributed by atoms with Gasteiger partial charge in [-0.15, -0.1) is 0 Å². The zero-order valence-corrected chi connectivity index (χ0v) is 13.5. The Morgan fingerprint density at radius 1 is 1.00 bits per heavy atom. The minimum atomic E-state index is -0.985. The van der Waals surface area contributed by atoms with Gasteiger partial charge in [0, 0.05) is 31.0 Å². The van der Waals surface area contributed by atoms with Gasteiger partial charge in [-0.2, -0.15) is 0 Å². The second kappa shape index (κ2) is 5.97. The van der Waals surface area contributed by atoms with Gasteiger partial charge in [-0.25, -0.2) is 0 Å². The van der Waals surface area contributed by atoms with Crippen LogP contribution in [-0.4, -0.2) is 45.3 Å². The lowest BCUT2D eigenvalue weighted by molar-refractivity contribution is 0.336. The summed E-state index contributed by atoms with van der Waals surface area (Å²) in [6.07, 6.45) is 2.58. The number of nitrogens with two attached hydrogens (primary N) is 1. The summed E-state index contributed by atoms with van der Waals surface area (Å²) >= 11 is 0. The minimum Gasteiger partial charge on any atom is -0.399 e. The molecule has 1 saturated heterocycles. The monoisotopic (exact) mass is 277 g/mol. The molecule has 1 fully saturated rings. The van der Waals surface area contributed by atoms with Crippen molar-refractivity contribution in [2.45, 2.75) is 26.1 Å². The van der Waals surface area contributed by atoms with Crippen molar-refractivity contribution in [1.82, 2.24) is 4.90 Å². The van der Waals surface area contributed by atoms with Crippen LogP contribution in [0.15, 0.2) is 24.3 Å². The van der Waals surface area contributed by atoms with E-state index in [9.17, 15) is 0 Å². The number of hydrogen-bond acceptors (Lipinski definition) is 3. The van der Waals surface area contributed by atoms with Gasteiger partial charge in [-0.3, -0.25) is 0 Å². The van der Waals surface area contributed by atoms with Gasteiger partial charge in [-0.1, -0.05) is 19.6 Å². The molecule has 19 heavy (non-hydrogen) atoms. The number of anilines is 2. The van der Waals surface area contributed by atoms with E-state index in [2.05, 4.69) is 41.6 Å². The average Bonchev–Trinajstić information content (AvgIpc) is 2.54. The third-order valence-corrected chi connectivity index (χ3v) is 4.94. The minimum absolute atomic E-state index is 0.846. The van der Waals surface area contributed by atoms with E-state index >= 15 is 0 Å². The third-order valence-electron chi connectivity index (χ3n) is 3.54. The number of rotatable bonds is 3. The standard InChI is InChI=1S/C15H27N3Si/c1-19(2,3)13-17-9-4-10-18(12-11-17)15-7-5-14(16)6-8-15/h5-8H,4,9-13,16H2,1-3H3. The van der Waals surface area contributed by atoms with Gasteiger partial charge in [0.15, 0.2) is 0 Å². The first-order valence-electron chi connectivity index (χ1n) is 7.27. The molecule has 3 nitrogen and oxygen atoms in total. The van der Waals surface area contributed by atoms with Crippen molar-refractivity contribution >= 4 is 19.4 Å². The maximum absolute atomic E-state index is 5.76. The third kappa shape index (κ3) is 4.55. The number of benzene rings is 1. The summed E-state index contributed by atoms with van der Waals surface area (Å²) in [5.74, 6) is 0. The van der Waals surface area contributed by atoms with Crippen molar-refractivity contribution in [2.75, 3.05) is 43.0 Å². The highest BCUT2D eigenvalue weighted by atomic mass is 28.3. The molecular formula is C15H27N3Si. The quantitative estimate of drug-likeness (QED) is 0.681. The van der Waals surface area contributed by atoms with E-state index in [0.29, 0.717) is 0 Å². The van der Waals surface area contributed by atoms with Crippen LogP contribution in [0.1, 0.15) is 6.42 Å². The van der Waals surface area contributed by atoms with E-state index in [-0.39, 0.29) is 0 Å². The smallest absolute Gasteiger partial charge is 0.0599 e. The molecule has 0 aliphatic carbocycles. The molecule has 106 valence electrons. The molecule has 0 unspecified atom stereocenters. The van der Waals surface area contributed by atoms with E-state index < -0.39 is 8.07 Å². The lowest BCUT2D eigenvalue weighted by Crippen LogP contribution is -2.42. The van der Waals surface area contributed by atoms with Crippen molar-refractivity contribution in [3.05, 3.63) is 24.3 Å². The molecule has 0 spiro atoms. The largest absolute Gasteiger partial charge is 0.399 e. The molecule has 4 heteroatoms. The van der Waals surface area contributed by atoms with Crippen LogP contribution in [0.5, 0.6) is 0 Å². The Bertz CT molecular complexity index is 397. The fraction of sp³-hybridized carbons (Fsp3) is 0.600. The second-order valence-electron chi connectivity index (χ2n) is 6.77. The van der Waals surface area contributed by atoms with E-state index in [1.807, 2.05) is 12.1 Å². The van der Waals surface area contributed by atoms with Gasteiger partial charge < -0.3 is 15.5 Å². The van der Waals surface area contributed by atoms with Crippen LogP contribution in [0.2, 0.25) is 19.6 Å². The van der Waals surface area contributed by atoms with Gasteiger partial charge in [0.1, 0.15) is 0 Å². The summed E-state index contributed by atoms with van der Waals surface area (Å²) in [4.78, 5) is 5.15. The summed E-state index contributed by atoms with van der Waals surface area (Å²) in [5.41, 5.74) is 7.91. The van der Waals surface area contributed by atoms with Crippen LogP contribution >= 0.6 is 0 Å². The molecule has 1 heterocycles. The van der Waals surface area contributed by atoms with E-state index in [4.69, 9.17) is 5.73 Å². The first kappa shape index (κ1) is 14.4. The first-order valence-corrected chi connectivity index (χ1v) is 11.0. The van der Waals surface area contributed by atoms with Crippen LogP contribution in [0.3, 0.4) is 0 Å². The maximum Gasteiger partial charge on any atom is 0.0599 e. The second-order valence-corrected chi connectivity index (χ2v) is 12.2. The Balaban J connectivity index is 1.95. The van der Waals surface area contributed by atoms with Crippen molar-refractivity contribution < 1.29 is 0 Å². The summed E-state index contributed by atoms with van der Waals surface area (Å²) in [7, 11) is -0.985. The van der Waals surface area contributed by atoms with Gasteiger partial charge in [-0.05, 0) is 43.4 Å². The average molecular weight is 277 g/mol. The Morgan fingerprint density at radius 3 is 2.32 bits per heavy atom. The molecule has 1 aromatic rings. The van der Waals surface area contributed by atoms with Crippen LogP contribution in [0, 0.1) is 0 Å². The fourth-order valence-electron chi connectivity index (χ4n) is 2.74. The maximum atomic E-state index is 5.76. The summed E-state index contributed by atoms with van der Waals surface area (Å²) < 4.78 is 0. The van der Waals surface area contributed by atoms with Gasteiger partial charge in [0.25, 0.3) is 0 Å². The highest BCUT2D eigenvalue weighted by Gasteiger charge is 2.21. The Kier molecular flexibility index (Phi) is 4.53. The summed E-state index contributed by atoms with van der Waals surface area (Å²) in [5, 5.41) is 0. The van der Waals surface area contributed by atoms with Gasteiger partial charge >= 0.3 is 0 Å². The fourth-order valence-corrected chi connectivity index (χ4v) is 4.40. The highest BCUT2D eigenvalue weighted by Crippen LogP contribution is 2.18. The van der Waals surface area contributed by atoms with E-state index in [1.54, 1.807) is 0 Å². The number of hydrogen-bond donors (Lipinski definition) is 1. The van der Waals surface area contributed by atoms with Gasteiger partial charge in [0.05, 0.1) is 8.07 Å². The molecule has 0 radical (unpaired) electrons. The van der Waals surface area contributed by atoms with Crippen LogP contribution in [0.4, 0.5) is 11.4 Å². The van der Waals surface area contributed by atoms with E-state index in [1.165, 1.54) is 31.4 Å². The topological polar surface area (TPSA) is 32.5 Å². The molecule has 0 atom stereocenters. The van der Waals surface area contributed by atoms with Crippen LogP contribution < -0.4 is 10.6 Å². The Morgan fingerprint density at radius 2 is 1.68 bits per heavy atom. The molecule has 0 aromatic heterocycles. The molecule has 2 N–H and O–H groups in total. The number of nitrogen functional groups attached to an aromatic ring is 1. The zero-order valence-electron chi connectivity index (χ0n) is 12.5. The van der Waals surface area contributed by atoms with Crippen LogP contribution in [0.25, 0.3) is 0 Å². The van der Waals surface area contributed by atoms with Crippen LogP contribution in [-0.2, 0) is 0 Å². The molecule has 0 amide bonds. The molecule has 1 aromatic carbocycles. The van der Waals surface area contributed by atoms with Crippen molar-refractivity contribution in [3.8, 4) is 0 Å². The molecular weight excluding hydrogens is 250 g/mol. The predicted octanol–water partition coefficient (Wildman–Crippen LogP) is 2.66. The Labute approximate surface area is 118 Å². The van der Waals surface area contributed by atoms with Gasteiger partial charge in [0.2, 0.25) is 0 Å². The number of nitrogens with zero attached hydrogens (tertiary/aromatic N) is 2. The summed E-state index contributed by atoms with van der Waals surface area (Å²) in [6.45, 7) is 12.1. The SMILES string of the molecule is C[Si](C)(C)CN1CCCN(c2ccc(N)cc2)CC1. The zero-order chi connectivity index (χ0) is 13.9. The van der Waals surface area contributed by atoms with E-state index in [0.717, 1.165) is 18.8 Å². The highest BCUT2D eigenvalue weighted by molar-refractivity contribution is 6.76. The Hall–Kier alpha value is -1.00. The predicted molar refractivity (Wildman–Crippen MR) is 87.5 cm³/mol. The molecule has 0 saturated carbocycles. The van der Waals surface area contributed by atoms with Crippen molar-refractivity contribution in [1.29, 1.82) is 0 Å².